The number of nitrogens with one attached hydrogen (secondary N) is 1. The second-order valence-corrected chi connectivity index (χ2v) is 6.67. The molecule has 3 rings (SSSR count). The summed E-state index contributed by atoms with van der Waals surface area (Å²) in [7, 11) is 1.70. The molecular weight excluding hydrogens is 378 g/mol. The fourth-order valence-electron chi connectivity index (χ4n) is 2.80. The van der Waals surface area contributed by atoms with Crippen LogP contribution in [-0.2, 0) is 4.79 Å². The first-order valence-corrected chi connectivity index (χ1v) is 9.39. The first-order valence-electron chi connectivity index (χ1n) is 9.39. The molecule has 0 bridgehead atoms. The van der Waals surface area contributed by atoms with Crippen LogP contribution in [0.2, 0.25) is 0 Å². The van der Waals surface area contributed by atoms with E-state index in [4.69, 9.17) is 10.00 Å². The number of benzene rings is 3. The lowest BCUT2D eigenvalue weighted by Crippen LogP contribution is -2.30. The van der Waals surface area contributed by atoms with Crippen LogP contribution in [0.5, 0.6) is 5.75 Å². The van der Waals surface area contributed by atoms with E-state index in [-0.39, 0.29) is 11.8 Å². The van der Waals surface area contributed by atoms with E-state index in [1.54, 1.807) is 67.4 Å². The molecule has 0 saturated heterocycles. The minimum absolute atomic E-state index is 0.181. The van der Waals surface area contributed by atoms with Gasteiger partial charge in [0.05, 0.1) is 11.6 Å². The molecule has 6 nitrogen and oxygen atoms in total. The predicted octanol–water partition coefficient (Wildman–Crippen LogP) is 4.24. The number of carbonyl (C=O) groups is 2. The molecule has 0 aliphatic rings. The molecule has 3 aromatic carbocycles. The zero-order valence-corrected chi connectivity index (χ0v) is 16.7. The van der Waals surface area contributed by atoms with Crippen LogP contribution in [0.1, 0.15) is 22.8 Å². The van der Waals surface area contributed by atoms with Gasteiger partial charge in [-0.05, 0) is 61.5 Å². The summed E-state index contributed by atoms with van der Waals surface area (Å²) in [6.07, 6.45) is -0.760. The Kier molecular flexibility index (Phi) is 6.46. The van der Waals surface area contributed by atoms with Gasteiger partial charge in [0, 0.05) is 24.0 Å². The van der Waals surface area contributed by atoms with Gasteiger partial charge in [-0.1, -0.05) is 24.3 Å². The first-order chi connectivity index (χ1) is 14.5. The Morgan fingerprint density at radius 3 is 2.37 bits per heavy atom. The van der Waals surface area contributed by atoms with Crippen LogP contribution in [0.3, 0.4) is 0 Å². The lowest BCUT2D eigenvalue weighted by molar-refractivity contribution is -0.122. The van der Waals surface area contributed by atoms with Crippen LogP contribution in [0, 0.1) is 11.3 Å². The summed E-state index contributed by atoms with van der Waals surface area (Å²) in [6.45, 7) is 1.63. The second-order valence-electron chi connectivity index (χ2n) is 6.67. The highest BCUT2D eigenvalue weighted by Gasteiger charge is 2.17. The summed E-state index contributed by atoms with van der Waals surface area (Å²) < 4.78 is 5.62. The maximum atomic E-state index is 12.8. The molecule has 0 aliphatic carbocycles. The highest BCUT2D eigenvalue weighted by Crippen LogP contribution is 2.18. The van der Waals surface area contributed by atoms with Crippen molar-refractivity contribution in [3.8, 4) is 11.8 Å². The quantitative estimate of drug-likeness (QED) is 0.672. The number of nitriles is 1. The van der Waals surface area contributed by atoms with Crippen molar-refractivity contribution in [1.82, 2.24) is 0 Å². The minimum Gasteiger partial charge on any atom is -0.481 e. The summed E-state index contributed by atoms with van der Waals surface area (Å²) in [4.78, 5) is 26.8. The van der Waals surface area contributed by atoms with E-state index in [9.17, 15) is 9.59 Å². The van der Waals surface area contributed by atoms with E-state index in [1.165, 1.54) is 0 Å². The molecule has 0 aliphatic heterocycles. The Morgan fingerprint density at radius 2 is 1.70 bits per heavy atom. The van der Waals surface area contributed by atoms with Crippen LogP contribution >= 0.6 is 0 Å². The summed E-state index contributed by atoms with van der Waals surface area (Å²) in [5.41, 5.74) is 2.25. The van der Waals surface area contributed by atoms with Crippen molar-refractivity contribution in [3.63, 3.8) is 0 Å². The van der Waals surface area contributed by atoms with Gasteiger partial charge in [-0.15, -0.1) is 0 Å². The maximum absolute atomic E-state index is 12.8. The van der Waals surface area contributed by atoms with Crippen molar-refractivity contribution < 1.29 is 14.3 Å². The van der Waals surface area contributed by atoms with Crippen molar-refractivity contribution in [2.45, 2.75) is 13.0 Å². The Balaban J connectivity index is 1.65. The maximum Gasteiger partial charge on any atom is 0.265 e. The summed E-state index contributed by atoms with van der Waals surface area (Å²) in [6, 6.07) is 24.6. The molecule has 0 radical (unpaired) electrons. The van der Waals surface area contributed by atoms with Gasteiger partial charge in [-0.25, -0.2) is 0 Å². The zero-order chi connectivity index (χ0) is 21.5. The SMILES string of the molecule is C[C@@H](Oc1ccc(C#N)cc1)C(=O)Nc1cccc(C(=O)N(C)c2ccccc2)c1. The molecule has 150 valence electrons. The fraction of sp³-hybridized carbons (Fsp3) is 0.125. The molecule has 6 heteroatoms. The summed E-state index contributed by atoms with van der Waals surface area (Å²) in [5.74, 6) is -0.0374. The molecule has 30 heavy (non-hydrogen) atoms. The van der Waals surface area contributed by atoms with Gasteiger partial charge in [0.2, 0.25) is 0 Å². The van der Waals surface area contributed by atoms with Gasteiger partial charge < -0.3 is 15.0 Å². The molecule has 1 N–H and O–H groups in total. The molecule has 0 heterocycles. The third-order valence-corrected chi connectivity index (χ3v) is 4.49. The number of amides is 2. The topological polar surface area (TPSA) is 82.4 Å². The van der Waals surface area contributed by atoms with Gasteiger partial charge in [-0.3, -0.25) is 9.59 Å². The lowest BCUT2D eigenvalue weighted by Gasteiger charge is -2.18. The number of para-hydroxylation sites is 1. The average Bonchev–Trinajstić information content (AvgIpc) is 2.79. The molecule has 2 amide bonds. The Morgan fingerprint density at radius 1 is 1.00 bits per heavy atom. The third-order valence-electron chi connectivity index (χ3n) is 4.49. The van der Waals surface area contributed by atoms with E-state index in [0.717, 1.165) is 5.69 Å². The number of carbonyl (C=O) groups excluding carboxylic acids is 2. The van der Waals surface area contributed by atoms with Crippen LogP contribution in [0.25, 0.3) is 0 Å². The summed E-state index contributed by atoms with van der Waals surface area (Å²) >= 11 is 0. The highest BCUT2D eigenvalue weighted by atomic mass is 16.5. The highest BCUT2D eigenvalue weighted by molar-refractivity contribution is 6.06. The number of anilines is 2. The molecule has 0 saturated carbocycles. The molecule has 0 spiro atoms. The fourth-order valence-corrected chi connectivity index (χ4v) is 2.80. The van der Waals surface area contributed by atoms with E-state index in [1.807, 2.05) is 36.4 Å². The molecule has 0 unspecified atom stereocenters. The standard InChI is InChI=1S/C24H21N3O3/c1-17(30-22-13-11-18(16-25)12-14-22)23(28)26-20-8-6-7-19(15-20)24(29)27(2)21-9-4-3-5-10-21/h3-15,17H,1-2H3,(H,26,28)/t17-/m1/s1. The lowest BCUT2D eigenvalue weighted by atomic mass is 10.1. The summed E-state index contributed by atoms with van der Waals surface area (Å²) in [5, 5.41) is 11.6. The number of rotatable bonds is 6. The number of hydrogen-bond acceptors (Lipinski definition) is 4. The van der Waals surface area contributed by atoms with Crippen LogP contribution in [0.15, 0.2) is 78.9 Å². The number of hydrogen-bond donors (Lipinski definition) is 1. The van der Waals surface area contributed by atoms with E-state index in [2.05, 4.69) is 5.32 Å². The van der Waals surface area contributed by atoms with E-state index >= 15 is 0 Å². The molecule has 0 fully saturated rings. The Bertz CT molecular complexity index is 1070. The number of nitrogens with zero attached hydrogens (tertiary/aromatic N) is 2. The van der Waals surface area contributed by atoms with Gasteiger partial charge >= 0.3 is 0 Å². The van der Waals surface area contributed by atoms with Crippen molar-refractivity contribution in [2.75, 3.05) is 17.3 Å². The normalized spacial score (nSPS) is 11.1. The van der Waals surface area contributed by atoms with Crippen molar-refractivity contribution in [2.24, 2.45) is 0 Å². The third kappa shape index (κ3) is 5.03. The Labute approximate surface area is 175 Å². The molecule has 0 aromatic heterocycles. The van der Waals surface area contributed by atoms with E-state index in [0.29, 0.717) is 22.6 Å². The minimum atomic E-state index is -0.760. The van der Waals surface area contributed by atoms with Crippen molar-refractivity contribution in [3.05, 3.63) is 90.0 Å². The Hall–Kier alpha value is -4.11. The largest absolute Gasteiger partial charge is 0.481 e. The van der Waals surface area contributed by atoms with Gasteiger partial charge in [0.1, 0.15) is 5.75 Å². The van der Waals surface area contributed by atoms with Gasteiger partial charge in [-0.2, -0.15) is 5.26 Å². The predicted molar refractivity (Wildman–Crippen MR) is 115 cm³/mol. The van der Waals surface area contributed by atoms with Crippen molar-refractivity contribution in [1.29, 1.82) is 5.26 Å². The molecule has 1 atom stereocenters. The van der Waals surface area contributed by atoms with E-state index < -0.39 is 6.10 Å². The van der Waals surface area contributed by atoms with Crippen LogP contribution < -0.4 is 15.0 Å². The van der Waals surface area contributed by atoms with Gasteiger partial charge in [0.15, 0.2) is 6.10 Å². The first kappa shape index (κ1) is 20.6. The zero-order valence-electron chi connectivity index (χ0n) is 16.7. The smallest absolute Gasteiger partial charge is 0.265 e. The molecule has 3 aromatic rings. The second kappa shape index (κ2) is 9.39. The molecular formula is C24H21N3O3. The monoisotopic (exact) mass is 399 g/mol. The van der Waals surface area contributed by atoms with Crippen LogP contribution in [-0.4, -0.2) is 25.0 Å². The van der Waals surface area contributed by atoms with Crippen molar-refractivity contribution >= 4 is 23.2 Å². The number of ether oxygens (including phenoxy) is 1. The van der Waals surface area contributed by atoms with Gasteiger partial charge in [0.25, 0.3) is 11.8 Å². The average molecular weight is 399 g/mol. The van der Waals surface area contributed by atoms with Crippen LogP contribution in [0.4, 0.5) is 11.4 Å².